The number of hydrogen-bond donors (Lipinski definition) is 1. The summed E-state index contributed by atoms with van der Waals surface area (Å²) in [7, 11) is 1.80. The molecule has 0 unspecified atom stereocenters. The summed E-state index contributed by atoms with van der Waals surface area (Å²) < 4.78 is 0.812. The number of nitrogens with one attached hydrogen (secondary N) is 1. The molecule has 2 rings (SSSR count). The van der Waals surface area contributed by atoms with Crippen LogP contribution in [-0.4, -0.2) is 78.4 Å². The van der Waals surface area contributed by atoms with Gasteiger partial charge in [-0.25, -0.2) is 0 Å². The molecule has 8 heteroatoms. The zero-order valence-electron chi connectivity index (χ0n) is 16.0. The molecule has 1 saturated heterocycles. The van der Waals surface area contributed by atoms with Crippen LogP contribution in [0.25, 0.3) is 0 Å². The molecule has 2 heterocycles. The lowest BCUT2D eigenvalue weighted by Gasteiger charge is -2.35. The topological polar surface area (TPSA) is 55.9 Å². The van der Waals surface area contributed by atoms with Gasteiger partial charge in [-0.15, -0.1) is 11.3 Å². The van der Waals surface area contributed by atoms with E-state index in [1.54, 1.807) is 23.3 Å². The fourth-order valence-electron chi connectivity index (χ4n) is 2.90. The summed E-state index contributed by atoms with van der Waals surface area (Å²) in [5.41, 5.74) is -0.259. The Morgan fingerprint density at radius 1 is 1.19 bits per heavy atom. The molecule has 1 fully saturated rings. The van der Waals surface area contributed by atoms with Crippen molar-refractivity contribution in [2.45, 2.75) is 32.9 Å². The van der Waals surface area contributed by atoms with E-state index in [0.717, 1.165) is 37.1 Å². The van der Waals surface area contributed by atoms with E-state index in [1.807, 2.05) is 31.7 Å². The van der Waals surface area contributed by atoms with E-state index in [9.17, 15) is 9.59 Å². The molecule has 146 valence electrons. The van der Waals surface area contributed by atoms with E-state index in [-0.39, 0.29) is 30.4 Å². The second-order valence-electron chi connectivity index (χ2n) is 7.83. The van der Waals surface area contributed by atoms with Gasteiger partial charge in [0.1, 0.15) is 0 Å². The molecule has 0 radical (unpaired) electrons. The maximum atomic E-state index is 12.5. The summed E-state index contributed by atoms with van der Waals surface area (Å²) in [4.78, 5) is 31.7. The van der Waals surface area contributed by atoms with Gasteiger partial charge >= 0.3 is 0 Å². The van der Waals surface area contributed by atoms with E-state index in [1.165, 1.54) is 4.88 Å². The molecule has 0 atom stereocenters. The van der Waals surface area contributed by atoms with Crippen LogP contribution >= 0.6 is 22.9 Å². The van der Waals surface area contributed by atoms with Crippen molar-refractivity contribution in [2.24, 2.45) is 0 Å². The molecule has 0 aromatic carbocycles. The fourth-order valence-corrected chi connectivity index (χ4v) is 4.03. The summed E-state index contributed by atoms with van der Waals surface area (Å²) in [6, 6.07) is 3.98. The molecule has 1 aliphatic heterocycles. The van der Waals surface area contributed by atoms with Crippen LogP contribution in [0.2, 0.25) is 4.34 Å². The highest BCUT2D eigenvalue weighted by atomic mass is 35.5. The largest absolute Gasteiger partial charge is 0.350 e. The van der Waals surface area contributed by atoms with Crippen LogP contribution in [0, 0.1) is 0 Å². The first-order valence-corrected chi connectivity index (χ1v) is 10.1. The number of nitrogens with zero attached hydrogens (tertiary/aromatic N) is 3. The molecule has 1 aromatic rings. The number of carbonyl (C=O) groups excluding carboxylic acids is 2. The normalized spacial score (nSPS) is 16.2. The quantitative estimate of drug-likeness (QED) is 0.792. The van der Waals surface area contributed by atoms with Crippen LogP contribution in [0.5, 0.6) is 0 Å². The van der Waals surface area contributed by atoms with E-state index in [0.29, 0.717) is 0 Å². The standard InChI is InChI=1S/C18H29ClN4O2S/c1-18(2,3)20-16(24)12-21(4)13-17(25)23-9-7-22(8-10-23)11-14-5-6-15(19)26-14/h5-6H,7-13H2,1-4H3,(H,20,24). The van der Waals surface area contributed by atoms with Crippen molar-refractivity contribution >= 4 is 34.8 Å². The Hall–Kier alpha value is -1.15. The number of rotatable bonds is 6. The van der Waals surface area contributed by atoms with Crippen molar-refractivity contribution in [1.29, 1.82) is 0 Å². The number of amides is 2. The molecule has 1 N–H and O–H groups in total. The third-order valence-electron chi connectivity index (χ3n) is 4.07. The first-order chi connectivity index (χ1) is 12.1. The van der Waals surface area contributed by atoms with Crippen molar-refractivity contribution in [1.82, 2.24) is 20.0 Å². The SMILES string of the molecule is CN(CC(=O)NC(C)(C)C)CC(=O)N1CCN(Cc2ccc(Cl)s2)CC1. The zero-order chi connectivity index (χ0) is 19.3. The van der Waals surface area contributed by atoms with Crippen LogP contribution in [0.4, 0.5) is 0 Å². The molecule has 1 aliphatic rings. The van der Waals surface area contributed by atoms with E-state index < -0.39 is 0 Å². The van der Waals surface area contributed by atoms with Crippen LogP contribution in [-0.2, 0) is 16.1 Å². The minimum absolute atomic E-state index is 0.0628. The molecule has 0 bridgehead atoms. The minimum Gasteiger partial charge on any atom is -0.350 e. The van der Waals surface area contributed by atoms with Crippen LogP contribution in [0.15, 0.2) is 12.1 Å². The summed E-state index contributed by atoms with van der Waals surface area (Å²) in [6.45, 7) is 10.4. The maximum absolute atomic E-state index is 12.5. The number of halogens is 1. The number of carbonyl (C=O) groups is 2. The van der Waals surface area contributed by atoms with Gasteiger partial charge in [0.15, 0.2) is 0 Å². The van der Waals surface area contributed by atoms with Gasteiger partial charge in [-0.2, -0.15) is 0 Å². The molecule has 26 heavy (non-hydrogen) atoms. The first-order valence-electron chi connectivity index (χ1n) is 8.86. The Bertz CT molecular complexity index is 621. The number of piperazine rings is 1. The molecular formula is C18H29ClN4O2S. The molecular weight excluding hydrogens is 372 g/mol. The summed E-state index contributed by atoms with van der Waals surface area (Å²) in [5.74, 6) is 0.0158. The second-order valence-corrected chi connectivity index (χ2v) is 9.63. The van der Waals surface area contributed by atoms with Crippen LogP contribution < -0.4 is 5.32 Å². The Morgan fingerprint density at radius 3 is 2.38 bits per heavy atom. The van der Waals surface area contributed by atoms with Crippen LogP contribution in [0.3, 0.4) is 0 Å². The maximum Gasteiger partial charge on any atom is 0.236 e. The van der Waals surface area contributed by atoms with Gasteiger partial charge in [0.05, 0.1) is 17.4 Å². The van der Waals surface area contributed by atoms with Gasteiger partial charge in [-0.05, 0) is 40.0 Å². The van der Waals surface area contributed by atoms with Crippen LogP contribution in [0.1, 0.15) is 25.6 Å². The van der Waals surface area contributed by atoms with Gasteiger partial charge < -0.3 is 10.2 Å². The van der Waals surface area contributed by atoms with E-state index >= 15 is 0 Å². The Labute approximate surface area is 165 Å². The lowest BCUT2D eigenvalue weighted by Crippen LogP contribution is -2.51. The molecule has 2 amide bonds. The van der Waals surface area contributed by atoms with E-state index in [2.05, 4.69) is 16.3 Å². The minimum atomic E-state index is -0.259. The average molecular weight is 401 g/mol. The molecule has 0 aliphatic carbocycles. The number of thiophene rings is 1. The predicted molar refractivity (Wildman–Crippen MR) is 107 cm³/mol. The van der Waals surface area contributed by atoms with Crippen molar-refractivity contribution in [3.05, 3.63) is 21.3 Å². The van der Waals surface area contributed by atoms with Gasteiger partial charge in [0.25, 0.3) is 0 Å². The summed E-state index contributed by atoms with van der Waals surface area (Å²) >= 11 is 7.58. The highest BCUT2D eigenvalue weighted by Crippen LogP contribution is 2.23. The van der Waals surface area contributed by atoms with E-state index in [4.69, 9.17) is 11.6 Å². The third-order valence-corrected chi connectivity index (χ3v) is 5.28. The van der Waals surface area contributed by atoms with Crippen molar-refractivity contribution in [2.75, 3.05) is 46.3 Å². The lowest BCUT2D eigenvalue weighted by atomic mass is 10.1. The molecule has 1 aromatic heterocycles. The third kappa shape index (κ3) is 7.23. The predicted octanol–water partition coefficient (Wildman–Crippen LogP) is 1.89. The smallest absolute Gasteiger partial charge is 0.236 e. The molecule has 0 saturated carbocycles. The fraction of sp³-hybridized carbons (Fsp3) is 0.667. The highest BCUT2D eigenvalue weighted by Gasteiger charge is 2.23. The average Bonchev–Trinajstić information content (AvgIpc) is 2.90. The summed E-state index contributed by atoms with van der Waals surface area (Å²) in [6.07, 6.45) is 0. The lowest BCUT2D eigenvalue weighted by molar-refractivity contribution is -0.134. The molecule has 0 spiro atoms. The first kappa shape index (κ1) is 21.2. The van der Waals surface area contributed by atoms with Crippen molar-refractivity contribution in [3.63, 3.8) is 0 Å². The number of hydrogen-bond acceptors (Lipinski definition) is 5. The Morgan fingerprint density at radius 2 is 1.85 bits per heavy atom. The van der Waals surface area contributed by atoms with Gasteiger partial charge in [0, 0.05) is 43.1 Å². The highest BCUT2D eigenvalue weighted by molar-refractivity contribution is 7.16. The number of likely N-dealkylation sites (N-methyl/N-ethyl adjacent to an activating group) is 1. The monoisotopic (exact) mass is 400 g/mol. The van der Waals surface area contributed by atoms with Crippen molar-refractivity contribution in [3.8, 4) is 0 Å². The van der Waals surface area contributed by atoms with Gasteiger partial charge in [-0.3, -0.25) is 19.4 Å². The molecule has 6 nitrogen and oxygen atoms in total. The second kappa shape index (κ2) is 9.17. The Kier molecular flexibility index (Phi) is 7.46. The van der Waals surface area contributed by atoms with Gasteiger partial charge in [0.2, 0.25) is 11.8 Å². The Balaban J connectivity index is 1.71. The summed E-state index contributed by atoms with van der Waals surface area (Å²) in [5, 5.41) is 2.91. The van der Waals surface area contributed by atoms with Crippen molar-refractivity contribution < 1.29 is 9.59 Å². The zero-order valence-corrected chi connectivity index (χ0v) is 17.6. The van der Waals surface area contributed by atoms with Gasteiger partial charge in [-0.1, -0.05) is 11.6 Å².